The van der Waals surface area contributed by atoms with Crippen LogP contribution in [-0.2, 0) is 0 Å². The fraction of sp³-hybridized carbons (Fsp3) is 0.333. The van der Waals surface area contributed by atoms with Crippen molar-refractivity contribution in [2.45, 2.75) is 26.7 Å². The lowest BCUT2D eigenvalue weighted by atomic mass is 10.2. The zero-order chi connectivity index (χ0) is 13.5. The summed E-state index contributed by atoms with van der Waals surface area (Å²) in [6.45, 7) is 3.86. The number of hydrogen-bond donors (Lipinski definition) is 1. The summed E-state index contributed by atoms with van der Waals surface area (Å²) < 4.78 is 0. The average molecular weight is 249 g/mol. The van der Waals surface area contributed by atoms with Crippen molar-refractivity contribution >= 4 is 17.3 Å². The third-order valence-corrected chi connectivity index (χ3v) is 2.48. The van der Waals surface area contributed by atoms with Crippen molar-refractivity contribution in [3.63, 3.8) is 0 Å². The topological polar surface area (TPSA) is 84.6 Å². The molecular weight excluding hydrogens is 234 g/mol. The molecule has 0 aliphatic rings. The van der Waals surface area contributed by atoms with E-state index in [0.29, 0.717) is 0 Å². The molecule has 18 heavy (non-hydrogen) atoms. The smallest absolute Gasteiger partial charge is 0.267 e. The number of nitrogens with one attached hydrogen (secondary N) is 1. The fourth-order valence-electron chi connectivity index (χ4n) is 1.42. The predicted molar refractivity (Wildman–Crippen MR) is 68.6 cm³/mol. The number of rotatable bonds is 5. The summed E-state index contributed by atoms with van der Waals surface area (Å²) in [6.07, 6.45) is 1.46. The standard InChI is InChI=1S/C12H15N3O3/c1-3-9(4-2)13-14-12(16)10-7-5-6-8-11(10)15(17)18/h5-8H,3-4H2,1-2H3,(H,14,16). The van der Waals surface area contributed by atoms with E-state index in [1.807, 2.05) is 13.8 Å². The summed E-state index contributed by atoms with van der Waals surface area (Å²) in [5.74, 6) is -0.568. The van der Waals surface area contributed by atoms with Crippen LogP contribution >= 0.6 is 0 Å². The molecule has 0 spiro atoms. The number of carbonyl (C=O) groups excluding carboxylic acids is 1. The highest BCUT2D eigenvalue weighted by molar-refractivity contribution is 5.98. The molecule has 0 aliphatic heterocycles. The molecule has 0 fully saturated rings. The summed E-state index contributed by atoms with van der Waals surface area (Å²) in [4.78, 5) is 22.0. The van der Waals surface area contributed by atoms with E-state index < -0.39 is 10.8 Å². The van der Waals surface area contributed by atoms with Crippen LogP contribution in [0.3, 0.4) is 0 Å². The minimum Gasteiger partial charge on any atom is -0.267 e. The summed E-state index contributed by atoms with van der Waals surface area (Å²) in [7, 11) is 0. The van der Waals surface area contributed by atoms with Crippen LogP contribution in [0.25, 0.3) is 0 Å². The quantitative estimate of drug-likeness (QED) is 0.494. The molecule has 1 rings (SSSR count). The number of benzene rings is 1. The lowest BCUT2D eigenvalue weighted by Gasteiger charge is -2.03. The lowest BCUT2D eigenvalue weighted by Crippen LogP contribution is -2.20. The lowest BCUT2D eigenvalue weighted by molar-refractivity contribution is -0.385. The Kier molecular flexibility index (Phi) is 4.98. The average Bonchev–Trinajstić information content (AvgIpc) is 2.39. The maximum Gasteiger partial charge on any atom is 0.282 e. The summed E-state index contributed by atoms with van der Waals surface area (Å²) in [5, 5.41) is 14.7. The van der Waals surface area contributed by atoms with Crippen molar-refractivity contribution in [1.29, 1.82) is 0 Å². The van der Waals surface area contributed by atoms with Gasteiger partial charge in [-0.15, -0.1) is 0 Å². The molecule has 6 nitrogen and oxygen atoms in total. The van der Waals surface area contributed by atoms with Crippen molar-refractivity contribution in [3.05, 3.63) is 39.9 Å². The number of amides is 1. The highest BCUT2D eigenvalue weighted by Crippen LogP contribution is 2.17. The molecule has 0 saturated heterocycles. The van der Waals surface area contributed by atoms with Gasteiger partial charge < -0.3 is 0 Å². The molecule has 0 unspecified atom stereocenters. The number of nitro groups is 1. The van der Waals surface area contributed by atoms with Gasteiger partial charge in [-0.05, 0) is 18.9 Å². The van der Waals surface area contributed by atoms with Crippen LogP contribution < -0.4 is 5.43 Å². The Balaban J connectivity index is 2.91. The van der Waals surface area contributed by atoms with Crippen molar-refractivity contribution in [2.75, 3.05) is 0 Å². The van der Waals surface area contributed by atoms with Gasteiger partial charge >= 0.3 is 0 Å². The molecule has 0 radical (unpaired) electrons. The molecule has 1 N–H and O–H groups in total. The Bertz CT molecular complexity index is 477. The van der Waals surface area contributed by atoms with Gasteiger partial charge in [-0.1, -0.05) is 26.0 Å². The first kappa shape index (κ1) is 13.8. The third-order valence-electron chi connectivity index (χ3n) is 2.48. The van der Waals surface area contributed by atoms with Gasteiger partial charge in [0, 0.05) is 11.8 Å². The van der Waals surface area contributed by atoms with Crippen LogP contribution in [0.1, 0.15) is 37.0 Å². The molecule has 1 aromatic carbocycles. The van der Waals surface area contributed by atoms with E-state index in [2.05, 4.69) is 10.5 Å². The summed E-state index contributed by atoms with van der Waals surface area (Å²) in [5.41, 5.74) is 2.97. The normalized spacial score (nSPS) is 9.67. The van der Waals surface area contributed by atoms with Gasteiger partial charge in [0.1, 0.15) is 5.56 Å². The highest BCUT2D eigenvalue weighted by atomic mass is 16.6. The van der Waals surface area contributed by atoms with Crippen molar-refractivity contribution in [3.8, 4) is 0 Å². The molecular formula is C12H15N3O3. The van der Waals surface area contributed by atoms with Crippen LogP contribution in [0.15, 0.2) is 29.4 Å². The number of hydrazone groups is 1. The maximum atomic E-state index is 11.8. The second-order valence-electron chi connectivity index (χ2n) is 3.60. The molecule has 0 bridgehead atoms. The zero-order valence-electron chi connectivity index (χ0n) is 10.3. The zero-order valence-corrected chi connectivity index (χ0v) is 10.3. The van der Waals surface area contributed by atoms with Gasteiger partial charge in [0.25, 0.3) is 11.6 Å². The minimum absolute atomic E-state index is 0.0119. The van der Waals surface area contributed by atoms with Crippen molar-refractivity contribution < 1.29 is 9.72 Å². The molecule has 0 atom stereocenters. The van der Waals surface area contributed by atoms with E-state index in [1.54, 1.807) is 6.07 Å². The van der Waals surface area contributed by atoms with E-state index in [-0.39, 0.29) is 11.3 Å². The van der Waals surface area contributed by atoms with Crippen LogP contribution in [0.5, 0.6) is 0 Å². The second-order valence-corrected chi connectivity index (χ2v) is 3.60. The maximum absolute atomic E-state index is 11.8. The van der Waals surface area contributed by atoms with E-state index >= 15 is 0 Å². The van der Waals surface area contributed by atoms with E-state index in [4.69, 9.17) is 0 Å². The first-order valence-corrected chi connectivity index (χ1v) is 5.69. The molecule has 96 valence electrons. The third kappa shape index (κ3) is 3.38. The van der Waals surface area contributed by atoms with E-state index in [0.717, 1.165) is 18.6 Å². The Labute approximate surface area is 105 Å². The minimum atomic E-state index is -0.584. The first-order valence-electron chi connectivity index (χ1n) is 5.69. The van der Waals surface area contributed by atoms with Gasteiger partial charge in [-0.25, -0.2) is 5.43 Å². The molecule has 1 amide bonds. The van der Waals surface area contributed by atoms with Crippen LogP contribution in [-0.4, -0.2) is 16.5 Å². The van der Waals surface area contributed by atoms with Crippen molar-refractivity contribution in [2.24, 2.45) is 5.10 Å². The van der Waals surface area contributed by atoms with E-state index in [9.17, 15) is 14.9 Å². The molecule has 0 aromatic heterocycles. The van der Waals surface area contributed by atoms with Crippen molar-refractivity contribution in [1.82, 2.24) is 5.43 Å². The van der Waals surface area contributed by atoms with E-state index in [1.165, 1.54) is 18.2 Å². The second kappa shape index (κ2) is 6.48. The molecule has 1 aromatic rings. The van der Waals surface area contributed by atoms with Gasteiger partial charge in [0.05, 0.1) is 4.92 Å². The summed E-state index contributed by atoms with van der Waals surface area (Å²) >= 11 is 0. The molecule has 6 heteroatoms. The Hall–Kier alpha value is -2.24. The number of nitrogens with zero attached hydrogens (tertiary/aromatic N) is 2. The fourth-order valence-corrected chi connectivity index (χ4v) is 1.42. The largest absolute Gasteiger partial charge is 0.282 e. The SMILES string of the molecule is CCC(CC)=NNC(=O)c1ccccc1[N+](=O)[O-]. The summed E-state index contributed by atoms with van der Waals surface area (Å²) in [6, 6.07) is 5.79. The number of carbonyl (C=O) groups is 1. The van der Waals surface area contributed by atoms with Gasteiger partial charge in [-0.2, -0.15) is 5.10 Å². The molecule has 0 saturated carbocycles. The van der Waals surface area contributed by atoms with Gasteiger partial charge in [0.2, 0.25) is 0 Å². The number of para-hydroxylation sites is 1. The Morgan fingerprint density at radius 3 is 2.50 bits per heavy atom. The van der Waals surface area contributed by atoms with Gasteiger partial charge in [0.15, 0.2) is 0 Å². The monoisotopic (exact) mass is 249 g/mol. The first-order chi connectivity index (χ1) is 8.60. The van der Waals surface area contributed by atoms with Gasteiger partial charge in [-0.3, -0.25) is 14.9 Å². The predicted octanol–water partition coefficient (Wildman–Crippen LogP) is 2.50. The van der Waals surface area contributed by atoms with Crippen LogP contribution in [0, 0.1) is 10.1 Å². The Morgan fingerprint density at radius 2 is 1.94 bits per heavy atom. The number of nitro benzene ring substituents is 1. The number of hydrogen-bond acceptors (Lipinski definition) is 4. The Morgan fingerprint density at radius 1 is 1.33 bits per heavy atom. The van der Waals surface area contributed by atoms with Crippen LogP contribution in [0.4, 0.5) is 5.69 Å². The molecule has 0 aliphatic carbocycles. The highest BCUT2D eigenvalue weighted by Gasteiger charge is 2.18. The van der Waals surface area contributed by atoms with Crippen LogP contribution in [0.2, 0.25) is 0 Å². The molecule has 0 heterocycles.